The molecule has 1 aliphatic carbocycles. The van der Waals surface area contributed by atoms with Crippen LogP contribution in [0.5, 0.6) is 0 Å². The molecule has 0 spiro atoms. The van der Waals surface area contributed by atoms with Gasteiger partial charge in [0.1, 0.15) is 0 Å². The van der Waals surface area contributed by atoms with E-state index in [9.17, 15) is 0 Å². The first-order valence-corrected chi connectivity index (χ1v) is 5.36. The summed E-state index contributed by atoms with van der Waals surface area (Å²) in [5, 5.41) is 8.79. The first-order chi connectivity index (χ1) is 6.65. The molecule has 0 bridgehead atoms. The van der Waals surface area contributed by atoms with Crippen molar-refractivity contribution in [2.45, 2.75) is 38.6 Å². The van der Waals surface area contributed by atoms with Gasteiger partial charge < -0.3 is 10.8 Å². The van der Waals surface area contributed by atoms with Crippen LogP contribution in [-0.2, 0) is 0 Å². The first-order valence-electron chi connectivity index (χ1n) is 5.36. The Morgan fingerprint density at radius 2 is 2.50 bits per heavy atom. The van der Waals surface area contributed by atoms with Crippen molar-refractivity contribution in [2.24, 2.45) is 11.7 Å². The molecule has 0 heterocycles. The zero-order valence-corrected chi connectivity index (χ0v) is 9.00. The van der Waals surface area contributed by atoms with Gasteiger partial charge in [-0.05, 0) is 38.5 Å². The normalized spacial score (nSPS) is 24.2. The molecule has 0 saturated carbocycles. The molecular formula is C12H21NO. The maximum atomic E-state index is 8.79. The maximum absolute atomic E-state index is 8.79. The standard InChI is InChI=1S/C12H21NO/c1-9(2)10-3-5-11(6-4-10)12(13)7-8-14/h5,10,12,14H,1,3-4,6-8,13H2,2H3/t10-,12?/m0/s1. The lowest BCUT2D eigenvalue weighted by atomic mass is 9.83. The van der Waals surface area contributed by atoms with Crippen molar-refractivity contribution < 1.29 is 5.11 Å². The third-order valence-corrected chi connectivity index (χ3v) is 3.06. The zero-order chi connectivity index (χ0) is 10.6. The zero-order valence-electron chi connectivity index (χ0n) is 9.00. The second-order valence-electron chi connectivity index (χ2n) is 4.22. The highest BCUT2D eigenvalue weighted by Crippen LogP contribution is 2.29. The average molecular weight is 195 g/mol. The topological polar surface area (TPSA) is 46.2 Å². The van der Waals surface area contributed by atoms with Gasteiger partial charge in [0.25, 0.3) is 0 Å². The Morgan fingerprint density at radius 3 is 2.93 bits per heavy atom. The third kappa shape index (κ3) is 2.96. The lowest BCUT2D eigenvalue weighted by molar-refractivity contribution is 0.279. The van der Waals surface area contributed by atoms with E-state index in [2.05, 4.69) is 19.6 Å². The van der Waals surface area contributed by atoms with Gasteiger partial charge in [-0.25, -0.2) is 0 Å². The second-order valence-corrected chi connectivity index (χ2v) is 4.22. The van der Waals surface area contributed by atoms with Crippen LogP contribution in [0.2, 0.25) is 0 Å². The fourth-order valence-electron chi connectivity index (χ4n) is 1.96. The minimum absolute atomic E-state index is 0.0612. The molecule has 14 heavy (non-hydrogen) atoms. The van der Waals surface area contributed by atoms with Gasteiger partial charge in [0.2, 0.25) is 0 Å². The number of aliphatic hydroxyl groups excluding tert-OH is 1. The monoisotopic (exact) mass is 195 g/mol. The summed E-state index contributed by atoms with van der Waals surface area (Å²) in [6.07, 6.45) is 6.23. The summed E-state index contributed by atoms with van der Waals surface area (Å²) >= 11 is 0. The number of hydrogen-bond acceptors (Lipinski definition) is 2. The van der Waals surface area contributed by atoms with Gasteiger partial charge in [0.05, 0.1) is 0 Å². The van der Waals surface area contributed by atoms with Crippen LogP contribution >= 0.6 is 0 Å². The molecule has 0 fully saturated rings. The summed E-state index contributed by atoms with van der Waals surface area (Å²) in [4.78, 5) is 0. The van der Waals surface area contributed by atoms with Gasteiger partial charge in [0.15, 0.2) is 0 Å². The molecule has 2 nitrogen and oxygen atoms in total. The summed E-state index contributed by atoms with van der Waals surface area (Å²) in [5.74, 6) is 0.639. The summed E-state index contributed by atoms with van der Waals surface area (Å²) in [5.41, 5.74) is 8.52. The molecule has 0 aliphatic heterocycles. The highest BCUT2D eigenvalue weighted by molar-refractivity contribution is 5.16. The fourth-order valence-corrected chi connectivity index (χ4v) is 1.96. The van der Waals surface area contributed by atoms with Crippen molar-refractivity contribution in [3.05, 3.63) is 23.8 Å². The highest BCUT2D eigenvalue weighted by atomic mass is 16.3. The van der Waals surface area contributed by atoms with E-state index in [1.54, 1.807) is 0 Å². The van der Waals surface area contributed by atoms with E-state index in [0.717, 1.165) is 12.8 Å². The van der Waals surface area contributed by atoms with Crippen molar-refractivity contribution in [1.29, 1.82) is 0 Å². The van der Waals surface area contributed by atoms with Gasteiger partial charge >= 0.3 is 0 Å². The molecule has 1 unspecified atom stereocenters. The average Bonchev–Trinajstić information content (AvgIpc) is 2.18. The summed E-state index contributed by atoms with van der Waals surface area (Å²) in [6, 6.07) is 0.0612. The van der Waals surface area contributed by atoms with E-state index < -0.39 is 0 Å². The summed E-state index contributed by atoms with van der Waals surface area (Å²) in [6.45, 7) is 6.26. The number of rotatable bonds is 4. The van der Waals surface area contributed by atoms with Gasteiger partial charge in [-0.2, -0.15) is 0 Å². The molecule has 0 radical (unpaired) electrons. The minimum atomic E-state index is 0.0612. The largest absolute Gasteiger partial charge is 0.396 e. The maximum Gasteiger partial charge on any atom is 0.0448 e. The lowest BCUT2D eigenvalue weighted by Gasteiger charge is -2.25. The highest BCUT2D eigenvalue weighted by Gasteiger charge is 2.18. The molecule has 1 aliphatic rings. The Bertz CT molecular complexity index is 232. The molecule has 2 atom stereocenters. The number of nitrogens with two attached hydrogens (primary N) is 1. The number of allylic oxidation sites excluding steroid dienone is 2. The van der Waals surface area contributed by atoms with Crippen LogP contribution in [0.25, 0.3) is 0 Å². The van der Waals surface area contributed by atoms with Crippen molar-refractivity contribution in [1.82, 2.24) is 0 Å². The molecule has 3 N–H and O–H groups in total. The fraction of sp³-hybridized carbons (Fsp3) is 0.667. The van der Waals surface area contributed by atoms with E-state index in [1.807, 2.05) is 0 Å². The van der Waals surface area contributed by atoms with Gasteiger partial charge in [-0.3, -0.25) is 0 Å². The number of aliphatic hydroxyl groups is 1. The van der Waals surface area contributed by atoms with E-state index in [4.69, 9.17) is 10.8 Å². The van der Waals surface area contributed by atoms with E-state index in [0.29, 0.717) is 12.3 Å². The second kappa shape index (κ2) is 5.32. The quantitative estimate of drug-likeness (QED) is 0.674. The Labute approximate surface area is 86.5 Å². The van der Waals surface area contributed by atoms with Crippen LogP contribution in [0.4, 0.5) is 0 Å². The third-order valence-electron chi connectivity index (χ3n) is 3.06. The Hall–Kier alpha value is -0.600. The van der Waals surface area contributed by atoms with Gasteiger partial charge in [-0.1, -0.05) is 23.8 Å². The first kappa shape index (κ1) is 11.5. The minimum Gasteiger partial charge on any atom is -0.396 e. The molecular weight excluding hydrogens is 174 g/mol. The molecule has 0 aromatic carbocycles. The predicted molar refractivity (Wildman–Crippen MR) is 59.9 cm³/mol. The van der Waals surface area contributed by atoms with Crippen LogP contribution < -0.4 is 5.73 Å². The molecule has 0 saturated heterocycles. The smallest absolute Gasteiger partial charge is 0.0448 e. The Morgan fingerprint density at radius 1 is 1.79 bits per heavy atom. The summed E-state index contributed by atoms with van der Waals surface area (Å²) < 4.78 is 0. The van der Waals surface area contributed by atoms with Gasteiger partial charge in [-0.15, -0.1) is 0 Å². The molecule has 2 heteroatoms. The molecule has 1 rings (SSSR count). The van der Waals surface area contributed by atoms with Crippen LogP contribution in [0.3, 0.4) is 0 Å². The van der Waals surface area contributed by atoms with E-state index in [-0.39, 0.29) is 12.6 Å². The molecule has 0 aromatic rings. The van der Waals surface area contributed by atoms with E-state index in [1.165, 1.54) is 17.6 Å². The number of hydrogen-bond donors (Lipinski definition) is 2. The van der Waals surface area contributed by atoms with Crippen molar-refractivity contribution in [3.63, 3.8) is 0 Å². The van der Waals surface area contributed by atoms with Crippen LogP contribution in [0, 0.1) is 5.92 Å². The van der Waals surface area contributed by atoms with Crippen molar-refractivity contribution in [2.75, 3.05) is 6.61 Å². The van der Waals surface area contributed by atoms with Crippen LogP contribution in [-0.4, -0.2) is 17.8 Å². The SMILES string of the molecule is C=C(C)[C@H]1CC=C(C(N)CCO)CC1. The summed E-state index contributed by atoms with van der Waals surface area (Å²) in [7, 11) is 0. The van der Waals surface area contributed by atoms with E-state index >= 15 is 0 Å². The van der Waals surface area contributed by atoms with Crippen molar-refractivity contribution in [3.8, 4) is 0 Å². The molecule has 80 valence electrons. The predicted octanol–water partition coefficient (Wildman–Crippen LogP) is 2.00. The Balaban J connectivity index is 2.48. The molecule has 0 aromatic heterocycles. The lowest BCUT2D eigenvalue weighted by Crippen LogP contribution is -2.26. The molecule has 0 amide bonds. The van der Waals surface area contributed by atoms with Crippen LogP contribution in [0.15, 0.2) is 23.8 Å². The van der Waals surface area contributed by atoms with Crippen molar-refractivity contribution >= 4 is 0 Å². The Kier molecular flexibility index (Phi) is 4.36. The van der Waals surface area contributed by atoms with Crippen LogP contribution in [0.1, 0.15) is 32.6 Å². The van der Waals surface area contributed by atoms with Gasteiger partial charge in [0, 0.05) is 12.6 Å².